The molecule has 0 aromatic carbocycles. The average molecular weight is 422 g/mol. The normalized spacial score (nSPS) is 35.3. The van der Waals surface area contributed by atoms with Crippen molar-refractivity contribution >= 4 is 8.32 Å². The predicted octanol–water partition coefficient (Wildman–Crippen LogP) is 5.04. The van der Waals surface area contributed by atoms with Gasteiger partial charge < -0.3 is 18.6 Å². The van der Waals surface area contributed by atoms with Gasteiger partial charge in [0.2, 0.25) is 0 Å². The molecule has 1 saturated carbocycles. The third-order valence-electron chi connectivity index (χ3n) is 6.34. The van der Waals surface area contributed by atoms with E-state index in [2.05, 4.69) is 45.2 Å². The fourth-order valence-corrected chi connectivity index (χ4v) is 7.90. The van der Waals surface area contributed by atoms with Crippen LogP contribution in [0.2, 0.25) is 19.1 Å². The van der Waals surface area contributed by atoms with Gasteiger partial charge in [-0.05, 0) is 50.7 Å². The summed E-state index contributed by atoms with van der Waals surface area (Å²) >= 11 is 0. The van der Waals surface area contributed by atoms with Crippen molar-refractivity contribution < 1.29 is 18.6 Å². The quantitative estimate of drug-likeness (QED) is 0.406. The first-order valence-corrected chi connectivity index (χ1v) is 14.6. The van der Waals surface area contributed by atoms with E-state index < -0.39 is 8.32 Å². The Hall–Kier alpha value is -0.713. The molecule has 164 valence electrons. The molecule has 2 aliphatic heterocycles. The van der Waals surface area contributed by atoms with E-state index in [0.717, 1.165) is 38.9 Å². The number of fused-ring (bicyclic) bond motifs is 1. The minimum atomic E-state index is -1.71. The summed E-state index contributed by atoms with van der Waals surface area (Å²) in [5.41, 5.74) is 0. The van der Waals surface area contributed by atoms with Crippen molar-refractivity contribution in [3.63, 3.8) is 0 Å². The van der Waals surface area contributed by atoms with Crippen LogP contribution in [0.5, 0.6) is 0 Å². The van der Waals surface area contributed by atoms with Gasteiger partial charge in [-0.15, -0.1) is 0 Å². The van der Waals surface area contributed by atoms with Crippen LogP contribution >= 0.6 is 0 Å². The van der Waals surface area contributed by atoms with Crippen molar-refractivity contribution in [1.82, 2.24) is 0 Å². The summed E-state index contributed by atoms with van der Waals surface area (Å²) < 4.78 is 25.3. The van der Waals surface area contributed by atoms with Gasteiger partial charge in [-0.3, -0.25) is 0 Å². The Bertz CT molecular complexity index is 582. The van der Waals surface area contributed by atoms with Gasteiger partial charge >= 0.3 is 0 Å². The van der Waals surface area contributed by atoms with E-state index in [0.29, 0.717) is 12.3 Å². The van der Waals surface area contributed by atoms with E-state index in [1.807, 2.05) is 0 Å². The highest BCUT2D eigenvalue weighted by Gasteiger charge is 2.46. The maximum atomic E-state index is 9.11. The van der Waals surface area contributed by atoms with Crippen LogP contribution in [0.15, 0.2) is 12.2 Å². The predicted molar refractivity (Wildman–Crippen MR) is 116 cm³/mol. The van der Waals surface area contributed by atoms with Gasteiger partial charge in [-0.2, -0.15) is 5.26 Å². The molecule has 0 bridgehead atoms. The molecule has 2 fully saturated rings. The van der Waals surface area contributed by atoms with Crippen molar-refractivity contribution in [2.45, 2.75) is 96.1 Å². The van der Waals surface area contributed by atoms with Gasteiger partial charge in [-0.25, -0.2) is 0 Å². The highest BCUT2D eigenvalue weighted by Crippen LogP contribution is 2.41. The molecule has 1 saturated heterocycles. The zero-order valence-electron chi connectivity index (χ0n) is 18.6. The van der Waals surface area contributed by atoms with Crippen molar-refractivity contribution in [1.29, 1.82) is 5.26 Å². The third-order valence-corrected chi connectivity index (χ3v) is 9.09. The SMILES string of the molecule is CC(C)C[Si](C)(C)OC[C@@H]1[C@H]2C=CC[C@H](CC#N)O[C@H]2C[C@H]1OC1CCCCO1. The van der Waals surface area contributed by atoms with Crippen LogP contribution in [-0.4, -0.2) is 46.1 Å². The van der Waals surface area contributed by atoms with Gasteiger partial charge in [0.25, 0.3) is 0 Å². The standard InChI is InChI=1S/C23H39NO4Si/c1-17(2)16-29(3,4)26-15-20-19-9-7-8-18(11-12-24)27-21(19)14-22(20)28-23-10-5-6-13-25-23/h7,9,17-23H,5-6,8,10-11,13-16H2,1-4H3/t18-,19-,20-,21+,22-,23?/m1/s1. The molecule has 0 spiro atoms. The summed E-state index contributed by atoms with van der Waals surface area (Å²) in [7, 11) is -1.71. The third kappa shape index (κ3) is 6.63. The number of nitrogens with zero attached hydrogens (tertiary/aromatic N) is 1. The van der Waals surface area contributed by atoms with Gasteiger partial charge in [0, 0.05) is 31.5 Å². The maximum absolute atomic E-state index is 9.11. The van der Waals surface area contributed by atoms with Crippen molar-refractivity contribution in [3.05, 3.63) is 12.2 Å². The fourth-order valence-electron chi connectivity index (χ4n) is 5.17. The lowest BCUT2D eigenvalue weighted by molar-refractivity contribution is -0.197. The first-order valence-electron chi connectivity index (χ1n) is 11.5. The molecule has 0 amide bonds. The summed E-state index contributed by atoms with van der Waals surface area (Å²) in [5, 5.41) is 9.11. The van der Waals surface area contributed by atoms with E-state index in [4.69, 9.17) is 23.9 Å². The second-order valence-corrected chi connectivity index (χ2v) is 14.2. The minimum Gasteiger partial charge on any atom is -0.417 e. The number of ether oxygens (including phenoxy) is 3. The van der Waals surface area contributed by atoms with Crippen LogP contribution in [0.3, 0.4) is 0 Å². The van der Waals surface area contributed by atoms with E-state index >= 15 is 0 Å². The Morgan fingerprint density at radius 2 is 2.10 bits per heavy atom. The Kier molecular flexibility index (Phi) is 8.35. The van der Waals surface area contributed by atoms with E-state index in [1.54, 1.807) is 0 Å². The second kappa shape index (κ2) is 10.5. The Balaban J connectivity index is 1.69. The number of hydrogen-bond donors (Lipinski definition) is 0. The monoisotopic (exact) mass is 421 g/mol. The molecular formula is C23H39NO4Si. The molecule has 3 rings (SSSR count). The summed E-state index contributed by atoms with van der Waals surface area (Å²) in [6.07, 6.45) is 9.97. The number of hydrogen-bond acceptors (Lipinski definition) is 5. The zero-order chi connectivity index (χ0) is 20.9. The lowest BCUT2D eigenvalue weighted by atomic mass is 9.94. The van der Waals surface area contributed by atoms with Crippen LogP contribution in [0, 0.1) is 29.1 Å². The number of nitriles is 1. The van der Waals surface area contributed by atoms with Crippen LogP contribution in [-0.2, 0) is 18.6 Å². The molecule has 29 heavy (non-hydrogen) atoms. The molecule has 2 heterocycles. The molecular weight excluding hydrogens is 382 g/mol. The van der Waals surface area contributed by atoms with Crippen molar-refractivity contribution in [3.8, 4) is 6.07 Å². The van der Waals surface area contributed by atoms with E-state index in [1.165, 1.54) is 12.5 Å². The first kappa shape index (κ1) is 23.0. The molecule has 1 unspecified atom stereocenters. The largest absolute Gasteiger partial charge is 0.417 e. The van der Waals surface area contributed by atoms with Crippen molar-refractivity contribution in [2.24, 2.45) is 17.8 Å². The molecule has 0 N–H and O–H groups in total. The topological polar surface area (TPSA) is 60.7 Å². The van der Waals surface area contributed by atoms with Crippen LogP contribution in [0.4, 0.5) is 0 Å². The average Bonchev–Trinajstić information content (AvgIpc) is 2.83. The van der Waals surface area contributed by atoms with Gasteiger partial charge in [0.15, 0.2) is 14.6 Å². The molecule has 0 radical (unpaired) electrons. The van der Waals surface area contributed by atoms with Gasteiger partial charge in [0.1, 0.15) is 0 Å². The molecule has 0 aromatic heterocycles. The summed E-state index contributed by atoms with van der Waals surface area (Å²) in [4.78, 5) is 0. The molecule has 5 nitrogen and oxygen atoms in total. The fraction of sp³-hybridized carbons (Fsp3) is 0.870. The molecule has 6 atom stereocenters. The summed E-state index contributed by atoms with van der Waals surface area (Å²) in [5.74, 6) is 1.22. The maximum Gasteiger partial charge on any atom is 0.186 e. The summed E-state index contributed by atoms with van der Waals surface area (Å²) in [6, 6.07) is 3.44. The van der Waals surface area contributed by atoms with Crippen LogP contribution in [0.1, 0.15) is 52.4 Å². The first-order chi connectivity index (χ1) is 13.9. The Morgan fingerprint density at radius 1 is 1.28 bits per heavy atom. The molecule has 3 aliphatic rings. The molecule has 1 aliphatic carbocycles. The summed E-state index contributed by atoms with van der Waals surface area (Å²) in [6.45, 7) is 10.7. The Labute approximate surface area is 177 Å². The highest BCUT2D eigenvalue weighted by atomic mass is 28.4. The Morgan fingerprint density at radius 3 is 2.79 bits per heavy atom. The lowest BCUT2D eigenvalue weighted by Crippen LogP contribution is -2.38. The molecule has 6 heteroatoms. The van der Waals surface area contributed by atoms with Crippen LogP contribution in [0.25, 0.3) is 0 Å². The van der Waals surface area contributed by atoms with E-state index in [-0.39, 0.29) is 36.4 Å². The highest BCUT2D eigenvalue weighted by molar-refractivity contribution is 6.71. The smallest absolute Gasteiger partial charge is 0.186 e. The van der Waals surface area contributed by atoms with Crippen molar-refractivity contribution in [2.75, 3.05) is 13.2 Å². The minimum absolute atomic E-state index is 0.00995. The van der Waals surface area contributed by atoms with E-state index in [9.17, 15) is 0 Å². The van der Waals surface area contributed by atoms with Gasteiger partial charge in [0.05, 0.1) is 30.8 Å². The van der Waals surface area contributed by atoms with Gasteiger partial charge in [-0.1, -0.05) is 26.0 Å². The lowest BCUT2D eigenvalue weighted by Gasteiger charge is -2.32. The molecule has 0 aromatic rings. The van der Waals surface area contributed by atoms with Crippen LogP contribution < -0.4 is 0 Å². The number of rotatable bonds is 8. The zero-order valence-corrected chi connectivity index (χ0v) is 19.6. The second-order valence-electron chi connectivity index (χ2n) is 9.94.